The summed E-state index contributed by atoms with van der Waals surface area (Å²) in [5.74, 6) is -1.22. The minimum Gasteiger partial charge on any atom is -0.272 e. The lowest BCUT2D eigenvalue weighted by molar-refractivity contribution is -0.119. The molecule has 0 unspecified atom stereocenters. The Kier molecular flexibility index (Phi) is 6.16. The average Bonchev–Trinajstić information content (AvgIpc) is 2.99. The first-order valence-electron chi connectivity index (χ1n) is 5.93. The van der Waals surface area contributed by atoms with Crippen LogP contribution in [0.15, 0.2) is 32.9 Å². The molecule has 2 rings (SSSR count). The quantitative estimate of drug-likeness (QED) is 0.628. The number of carbonyl (C=O) groups excluding carboxylic acids is 2. The van der Waals surface area contributed by atoms with Gasteiger partial charge in [-0.2, -0.15) is 0 Å². The van der Waals surface area contributed by atoms with Gasteiger partial charge in [-0.25, -0.2) is 4.39 Å². The second-order valence-corrected chi connectivity index (χ2v) is 7.09. The molecule has 0 radical (unpaired) electrons. The van der Waals surface area contributed by atoms with Crippen LogP contribution in [-0.2, 0) is 4.79 Å². The van der Waals surface area contributed by atoms with E-state index in [1.165, 1.54) is 59.1 Å². The van der Waals surface area contributed by atoms with Crippen molar-refractivity contribution in [1.29, 1.82) is 0 Å². The first kappa shape index (κ1) is 16.7. The van der Waals surface area contributed by atoms with Crippen LogP contribution in [0, 0.1) is 5.82 Å². The van der Waals surface area contributed by atoms with Crippen molar-refractivity contribution in [3.05, 3.63) is 35.6 Å². The first-order valence-corrected chi connectivity index (χ1v) is 8.96. The highest BCUT2D eigenvalue weighted by Gasteiger charge is 2.10. The number of aromatic nitrogens is 2. The van der Waals surface area contributed by atoms with Crippen LogP contribution < -0.4 is 10.9 Å². The molecule has 116 valence electrons. The molecule has 0 aliphatic carbocycles. The van der Waals surface area contributed by atoms with Gasteiger partial charge in [0.15, 0.2) is 8.68 Å². The minimum atomic E-state index is -0.515. The number of hydrogen-bond acceptors (Lipinski definition) is 7. The lowest BCUT2D eigenvalue weighted by atomic mass is 10.2. The molecule has 1 aromatic heterocycles. The van der Waals surface area contributed by atoms with Crippen molar-refractivity contribution in [2.24, 2.45) is 0 Å². The van der Waals surface area contributed by atoms with Gasteiger partial charge in [-0.3, -0.25) is 20.4 Å². The zero-order chi connectivity index (χ0) is 15.9. The van der Waals surface area contributed by atoms with Gasteiger partial charge in [0.05, 0.1) is 5.75 Å². The monoisotopic (exact) mass is 358 g/mol. The second kappa shape index (κ2) is 8.11. The lowest BCUT2D eigenvalue weighted by Crippen LogP contribution is -2.42. The van der Waals surface area contributed by atoms with Crippen LogP contribution >= 0.6 is 34.9 Å². The highest BCUT2D eigenvalue weighted by molar-refractivity contribution is 8.03. The molecule has 10 heteroatoms. The number of carbonyl (C=O) groups is 2. The summed E-state index contributed by atoms with van der Waals surface area (Å²) >= 11 is 4.12. The van der Waals surface area contributed by atoms with Gasteiger partial charge >= 0.3 is 0 Å². The third-order valence-corrected chi connectivity index (χ3v) is 5.34. The van der Waals surface area contributed by atoms with E-state index in [0.29, 0.717) is 4.34 Å². The van der Waals surface area contributed by atoms with Gasteiger partial charge in [-0.15, -0.1) is 10.2 Å². The van der Waals surface area contributed by atoms with Crippen molar-refractivity contribution < 1.29 is 14.0 Å². The van der Waals surface area contributed by atoms with Crippen LogP contribution in [0.2, 0.25) is 0 Å². The predicted molar refractivity (Wildman–Crippen MR) is 84.4 cm³/mol. The van der Waals surface area contributed by atoms with Crippen LogP contribution in [0.5, 0.6) is 0 Å². The maximum Gasteiger partial charge on any atom is 0.269 e. The van der Waals surface area contributed by atoms with Crippen LogP contribution in [0.4, 0.5) is 4.39 Å². The molecule has 2 aromatic rings. The summed E-state index contributed by atoms with van der Waals surface area (Å²) in [6, 6.07) is 5.00. The molecule has 0 spiro atoms. The van der Waals surface area contributed by atoms with E-state index in [4.69, 9.17) is 0 Å². The van der Waals surface area contributed by atoms with Crippen molar-refractivity contribution in [3.8, 4) is 0 Å². The Morgan fingerprint density at radius 1 is 1.18 bits per heavy atom. The SMILES string of the molecule is CSc1nnc(SCC(=O)NNC(=O)c2ccc(F)cc2)s1. The molecule has 0 bridgehead atoms. The molecule has 22 heavy (non-hydrogen) atoms. The third-order valence-electron chi connectivity index (χ3n) is 2.31. The normalized spacial score (nSPS) is 10.3. The average molecular weight is 358 g/mol. The molecule has 0 fully saturated rings. The maximum absolute atomic E-state index is 12.7. The second-order valence-electron chi connectivity index (χ2n) is 3.84. The fraction of sp³-hybridized carbons (Fsp3) is 0.167. The summed E-state index contributed by atoms with van der Waals surface area (Å²) in [5.41, 5.74) is 4.80. The number of nitrogens with zero attached hydrogens (tertiary/aromatic N) is 2. The van der Waals surface area contributed by atoms with E-state index < -0.39 is 11.7 Å². The fourth-order valence-corrected chi connectivity index (χ4v) is 3.54. The van der Waals surface area contributed by atoms with E-state index >= 15 is 0 Å². The summed E-state index contributed by atoms with van der Waals surface area (Å²) < 4.78 is 14.2. The van der Waals surface area contributed by atoms with E-state index in [0.717, 1.165) is 4.34 Å². The Bertz CT molecular complexity index is 663. The molecule has 0 aliphatic heterocycles. The minimum absolute atomic E-state index is 0.104. The lowest BCUT2D eigenvalue weighted by Gasteiger charge is -2.06. The molecule has 1 aromatic carbocycles. The summed E-state index contributed by atoms with van der Waals surface area (Å²) in [5, 5.41) is 7.83. The molecular formula is C12H11FN4O2S3. The molecule has 0 atom stereocenters. The number of hydrogen-bond donors (Lipinski definition) is 2. The summed E-state index contributed by atoms with van der Waals surface area (Å²) in [7, 11) is 0. The molecule has 0 saturated carbocycles. The van der Waals surface area contributed by atoms with Crippen molar-refractivity contribution >= 4 is 46.7 Å². The van der Waals surface area contributed by atoms with Gasteiger partial charge < -0.3 is 0 Å². The van der Waals surface area contributed by atoms with Gasteiger partial charge in [-0.05, 0) is 30.5 Å². The van der Waals surface area contributed by atoms with E-state index in [9.17, 15) is 14.0 Å². The van der Waals surface area contributed by atoms with Crippen LogP contribution in [0.1, 0.15) is 10.4 Å². The maximum atomic E-state index is 12.7. The summed E-state index contributed by atoms with van der Waals surface area (Å²) in [6.45, 7) is 0. The van der Waals surface area contributed by atoms with Crippen LogP contribution in [0.25, 0.3) is 0 Å². The van der Waals surface area contributed by atoms with Gasteiger partial charge in [-0.1, -0.05) is 34.9 Å². The highest BCUT2D eigenvalue weighted by Crippen LogP contribution is 2.26. The number of halogens is 1. The van der Waals surface area contributed by atoms with Gasteiger partial charge in [0.2, 0.25) is 5.91 Å². The van der Waals surface area contributed by atoms with E-state index in [1.807, 2.05) is 6.26 Å². The van der Waals surface area contributed by atoms with E-state index in [2.05, 4.69) is 21.0 Å². The number of benzene rings is 1. The predicted octanol–water partition coefficient (Wildman–Crippen LogP) is 1.95. The topological polar surface area (TPSA) is 84.0 Å². The van der Waals surface area contributed by atoms with Crippen molar-refractivity contribution in [1.82, 2.24) is 21.0 Å². The molecular weight excluding hydrogens is 347 g/mol. The van der Waals surface area contributed by atoms with Crippen LogP contribution in [0.3, 0.4) is 0 Å². The zero-order valence-electron chi connectivity index (χ0n) is 11.3. The Labute approximate surface area is 138 Å². The van der Waals surface area contributed by atoms with Crippen molar-refractivity contribution in [2.75, 3.05) is 12.0 Å². The Balaban J connectivity index is 1.75. The van der Waals surface area contributed by atoms with Crippen LogP contribution in [-0.4, -0.2) is 34.0 Å². The van der Waals surface area contributed by atoms with E-state index in [-0.39, 0.29) is 17.2 Å². The van der Waals surface area contributed by atoms with Crippen molar-refractivity contribution in [2.45, 2.75) is 8.68 Å². The zero-order valence-corrected chi connectivity index (χ0v) is 13.8. The van der Waals surface area contributed by atoms with E-state index in [1.54, 1.807) is 0 Å². The Hall–Kier alpha value is -1.65. The largest absolute Gasteiger partial charge is 0.272 e. The number of hydrazine groups is 1. The smallest absolute Gasteiger partial charge is 0.269 e. The Morgan fingerprint density at radius 2 is 1.86 bits per heavy atom. The highest BCUT2D eigenvalue weighted by atomic mass is 32.2. The molecule has 2 N–H and O–H groups in total. The van der Waals surface area contributed by atoms with Gasteiger partial charge in [0, 0.05) is 5.56 Å². The molecule has 6 nitrogen and oxygen atoms in total. The number of nitrogens with one attached hydrogen (secondary N) is 2. The van der Waals surface area contributed by atoms with Gasteiger partial charge in [0.25, 0.3) is 5.91 Å². The first-order chi connectivity index (χ1) is 10.6. The van der Waals surface area contributed by atoms with Gasteiger partial charge in [0.1, 0.15) is 5.82 Å². The third kappa shape index (κ3) is 4.97. The Morgan fingerprint density at radius 3 is 2.50 bits per heavy atom. The molecule has 0 aliphatic rings. The molecule has 0 saturated heterocycles. The molecule has 1 heterocycles. The van der Waals surface area contributed by atoms with Crippen molar-refractivity contribution in [3.63, 3.8) is 0 Å². The number of thioether (sulfide) groups is 2. The molecule has 2 amide bonds. The standard InChI is InChI=1S/C12H11FN4O2S3/c1-20-11-16-17-12(22-11)21-6-9(18)14-15-10(19)7-2-4-8(13)5-3-7/h2-5H,6H2,1H3,(H,14,18)(H,15,19). The number of amides is 2. The number of rotatable bonds is 5. The summed E-state index contributed by atoms with van der Waals surface area (Å²) in [6.07, 6.45) is 1.90. The summed E-state index contributed by atoms with van der Waals surface area (Å²) in [4.78, 5) is 23.3. The fourth-order valence-electron chi connectivity index (χ4n) is 1.30.